The van der Waals surface area contributed by atoms with Gasteiger partial charge in [-0.15, -0.1) is 0 Å². The summed E-state index contributed by atoms with van der Waals surface area (Å²) in [5, 5.41) is 8.67. The Balaban J connectivity index is 2.69. The lowest BCUT2D eigenvalue weighted by Gasteiger charge is -2.23. The minimum absolute atomic E-state index is 0.0764. The number of nitrogens with two attached hydrogens (primary N) is 1. The number of aliphatic carboxylic acids is 1. The number of hydrogen-bond donors (Lipinski definition) is 2. The molecule has 0 aromatic carbocycles. The first kappa shape index (κ1) is 9.00. The molecule has 12 heavy (non-hydrogen) atoms. The summed E-state index contributed by atoms with van der Waals surface area (Å²) in [6, 6.07) is -0.791. The van der Waals surface area contributed by atoms with Crippen molar-refractivity contribution in [2.75, 3.05) is 0 Å². The van der Waals surface area contributed by atoms with Crippen LogP contribution in [0.2, 0.25) is 0 Å². The number of hydrogen-bond acceptors (Lipinski definition) is 2. The van der Waals surface area contributed by atoms with Crippen LogP contribution in [-0.4, -0.2) is 17.1 Å². The van der Waals surface area contributed by atoms with Gasteiger partial charge in [-0.2, -0.15) is 0 Å². The van der Waals surface area contributed by atoms with E-state index in [0.717, 1.165) is 0 Å². The molecular formula is C9H13NO2. The van der Waals surface area contributed by atoms with Gasteiger partial charge in [0.1, 0.15) is 6.04 Å². The van der Waals surface area contributed by atoms with Crippen LogP contribution in [0.15, 0.2) is 24.3 Å². The molecular weight excluding hydrogens is 154 g/mol. The molecule has 0 spiro atoms. The van der Waals surface area contributed by atoms with Crippen molar-refractivity contribution in [1.82, 2.24) is 0 Å². The third-order valence-corrected chi connectivity index (χ3v) is 2.17. The normalized spacial score (nSPS) is 30.2. The fraction of sp³-hybridized carbons (Fsp3) is 0.444. The summed E-state index contributed by atoms with van der Waals surface area (Å²) in [4.78, 5) is 10.6. The summed E-state index contributed by atoms with van der Waals surface area (Å²) in [5.74, 6) is -0.805. The summed E-state index contributed by atoms with van der Waals surface area (Å²) in [6.45, 7) is 1.97. The molecule has 3 heteroatoms. The smallest absolute Gasteiger partial charge is 0.321 e. The van der Waals surface area contributed by atoms with Crippen molar-refractivity contribution in [3.05, 3.63) is 24.3 Å². The second-order valence-electron chi connectivity index (χ2n) is 3.07. The van der Waals surface area contributed by atoms with E-state index in [9.17, 15) is 4.79 Å². The maximum absolute atomic E-state index is 10.6. The molecule has 3 atom stereocenters. The zero-order valence-electron chi connectivity index (χ0n) is 6.97. The molecule has 0 saturated carbocycles. The second kappa shape index (κ2) is 3.54. The van der Waals surface area contributed by atoms with Gasteiger partial charge in [0, 0.05) is 5.92 Å². The van der Waals surface area contributed by atoms with Gasteiger partial charge in [0.05, 0.1) is 0 Å². The SMILES string of the molecule is CC1C=CC=C[C@@H]1[C@@H](N)C(=O)O. The summed E-state index contributed by atoms with van der Waals surface area (Å²) < 4.78 is 0. The first-order chi connectivity index (χ1) is 5.63. The van der Waals surface area contributed by atoms with Crippen LogP contribution < -0.4 is 5.73 Å². The van der Waals surface area contributed by atoms with E-state index in [0.29, 0.717) is 0 Å². The molecule has 66 valence electrons. The van der Waals surface area contributed by atoms with Crippen molar-refractivity contribution in [2.24, 2.45) is 17.6 Å². The largest absolute Gasteiger partial charge is 0.480 e. The van der Waals surface area contributed by atoms with E-state index in [-0.39, 0.29) is 11.8 Å². The molecule has 3 nitrogen and oxygen atoms in total. The first-order valence-corrected chi connectivity index (χ1v) is 3.96. The van der Waals surface area contributed by atoms with E-state index >= 15 is 0 Å². The van der Waals surface area contributed by atoms with Crippen molar-refractivity contribution in [1.29, 1.82) is 0 Å². The number of rotatable bonds is 2. The average Bonchev–Trinajstić information content (AvgIpc) is 2.04. The van der Waals surface area contributed by atoms with Gasteiger partial charge < -0.3 is 10.8 Å². The summed E-state index contributed by atoms with van der Waals surface area (Å²) in [7, 11) is 0. The summed E-state index contributed by atoms with van der Waals surface area (Å²) >= 11 is 0. The maximum Gasteiger partial charge on any atom is 0.321 e. The third kappa shape index (κ3) is 1.74. The van der Waals surface area contributed by atoms with Crippen LogP contribution in [0.3, 0.4) is 0 Å². The van der Waals surface area contributed by atoms with Gasteiger partial charge in [-0.1, -0.05) is 31.2 Å². The van der Waals surface area contributed by atoms with E-state index in [4.69, 9.17) is 10.8 Å². The molecule has 0 aromatic rings. The summed E-state index contributed by atoms with van der Waals surface area (Å²) in [5.41, 5.74) is 5.50. The van der Waals surface area contributed by atoms with Crippen LogP contribution >= 0.6 is 0 Å². The molecule has 0 saturated heterocycles. The lowest BCUT2D eigenvalue weighted by atomic mass is 9.84. The Morgan fingerprint density at radius 2 is 2.08 bits per heavy atom. The van der Waals surface area contributed by atoms with Gasteiger partial charge in [0.2, 0.25) is 0 Å². The minimum Gasteiger partial charge on any atom is -0.480 e. The molecule has 1 unspecified atom stereocenters. The lowest BCUT2D eigenvalue weighted by molar-refractivity contribution is -0.139. The molecule has 0 aliphatic heterocycles. The van der Waals surface area contributed by atoms with Crippen LogP contribution in [-0.2, 0) is 4.79 Å². The predicted molar refractivity (Wildman–Crippen MR) is 46.5 cm³/mol. The fourth-order valence-electron chi connectivity index (χ4n) is 1.35. The Bertz CT molecular complexity index is 233. The molecule has 0 amide bonds. The molecule has 1 aliphatic rings. The summed E-state index contributed by atoms with van der Waals surface area (Å²) in [6.07, 6.45) is 7.57. The molecule has 3 N–H and O–H groups in total. The number of carboxylic acids is 1. The molecule has 1 aliphatic carbocycles. The van der Waals surface area contributed by atoms with Crippen molar-refractivity contribution < 1.29 is 9.90 Å². The van der Waals surface area contributed by atoms with Crippen LogP contribution in [0.5, 0.6) is 0 Å². The van der Waals surface area contributed by atoms with Gasteiger partial charge in [0.25, 0.3) is 0 Å². The molecule has 0 heterocycles. The van der Waals surface area contributed by atoms with Gasteiger partial charge in [-0.05, 0) is 5.92 Å². The van der Waals surface area contributed by atoms with Crippen molar-refractivity contribution in [3.63, 3.8) is 0 Å². The van der Waals surface area contributed by atoms with Crippen LogP contribution in [0.1, 0.15) is 6.92 Å². The van der Waals surface area contributed by atoms with E-state index < -0.39 is 12.0 Å². The van der Waals surface area contributed by atoms with Crippen LogP contribution in [0, 0.1) is 11.8 Å². The van der Waals surface area contributed by atoms with Crippen LogP contribution in [0.4, 0.5) is 0 Å². The highest BCUT2D eigenvalue weighted by Gasteiger charge is 2.26. The Labute approximate surface area is 71.6 Å². The Hall–Kier alpha value is -1.09. The Morgan fingerprint density at radius 1 is 1.50 bits per heavy atom. The van der Waals surface area contributed by atoms with E-state index in [1.807, 2.05) is 31.2 Å². The van der Waals surface area contributed by atoms with Crippen LogP contribution in [0.25, 0.3) is 0 Å². The van der Waals surface area contributed by atoms with E-state index in [1.54, 1.807) is 0 Å². The van der Waals surface area contributed by atoms with Crippen molar-refractivity contribution >= 4 is 5.97 Å². The highest BCUT2D eigenvalue weighted by molar-refractivity contribution is 5.74. The standard InChI is InChI=1S/C9H13NO2/c1-6-4-2-3-5-7(6)8(10)9(11)12/h2-8H,10H2,1H3,(H,11,12)/t6?,7-,8+/m0/s1. The quantitative estimate of drug-likeness (QED) is 0.638. The highest BCUT2D eigenvalue weighted by Crippen LogP contribution is 2.21. The van der Waals surface area contributed by atoms with Crippen molar-refractivity contribution in [2.45, 2.75) is 13.0 Å². The second-order valence-corrected chi connectivity index (χ2v) is 3.07. The topological polar surface area (TPSA) is 63.3 Å². The highest BCUT2D eigenvalue weighted by atomic mass is 16.4. The first-order valence-electron chi connectivity index (χ1n) is 3.96. The molecule has 0 fully saturated rings. The van der Waals surface area contributed by atoms with Crippen molar-refractivity contribution in [3.8, 4) is 0 Å². The van der Waals surface area contributed by atoms with Gasteiger partial charge in [-0.25, -0.2) is 0 Å². The molecule has 0 aromatic heterocycles. The van der Waals surface area contributed by atoms with Gasteiger partial charge in [0.15, 0.2) is 0 Å². The predicted octanol–water partition coefficient (Wildman–Crippen LogP) is 0.777. The minimum atomic E-state index is -0.938. The molecule has 0 bridgehead atoms. The van der Waals surface area contributed by atoms with Gasteiger partial charge in [-0.3, -0.25) is 4.79 Å². The number of carboxylic acid groups (broad SMARTS) is 1. The van der Waals surface area contributed by atoms with Gasteiger partial charge >= 0.3 is 5.97 Å². The average molecular weight is 167 g/mol. The third-order valence-electron chi connectivity index (χ3n) is 2.17. The molecule has 0 radical (unpaired) electrons. The number of allylic oxidation sites excluding steroid dienone is 3. The molecule has 1 rings (SSSR count). The van der Waals surface area contributed by atoms with E-state index in [2.05, 4.69) is 0 Å². The monoisotopic (exact) mass is 167 g/mol. The zero-order valence-corrected chi connectivity index (χ0v) is 6.97. The Kier molecular flexibility index (Phi) is 2.65. The lowest BCUT2D eigenvalue weighted by Crippen LogP contribution is -2.40. The number of carbonyl (C=O) groups is 1. The maximum atomic E-state index is 10.6. The zero-order chi connectivity index (χ0) is 9.14. The van der Waals surface area contributed by atoms with E-state index in [1.165, 1.54) is 0 Å². The Morgan fingerprint density at radius 3 is 2.58 bits per heavy atom. The fourth-order valence-corrected chi connectivity index (χ4v) is 1.35.